The van der Waals surface area contributed by atoms with E-state index in [0.717, 1.165) is 25.7 Å². The van der Waals surface area contributed by atoms with E-state index in [9.17, 15) is 9.59 Å². The van der Waals surface area contributed by atoms with Crippen molar-refractivity contribution in [3.63, 3.8) is 0 Å². The fourth-order valence-corrected chi connectivity index (χ4v) is 2.39. The SMILES string of the molecule is CCCC(C)NC(=O)N1CCC(CC(=O)O)CC1. The van der Waals surface area contributed by atoms with Gasteiger partial charge in [-0.05, 0) is 32.1 Å². The average molecular weight is 256 g/mol. The molecule has 104 valence electrons. The lowest BCUT2D eigenvalue weighted by molar-refractivity contribution is -0.138. The molecular weight excluding hydrogens is 232 g/mol. The third-order valence-corrected chi connectivity index (χ3v) is 3.46. The van der Waals surface area contributed by atoms with Gasteiger partial charge in [-0.3, -0.25) is 4.79 Å². The van der Waals surface area contributed by atoms with E-state index in [4.69, 9.17) is 5.11 Å². The second-order valence-corrected chi connectivity index (χ2v) is 5.17. The molecule has 0 radical (unpaired) electrons. The summed E-state index contributed by atoms with van der Waals surface area (Å²) in [5.74, 6) is -0.519. The number of hydrogen-bond acceptors (Lipinski definition) is 2. The zero-order chi connectivity index (χ0) is 13.5. The molecule has 1 aliphatic heterocycles. The number of likely N-dealkylation sites (tertiary alicyclic amines) is 1. The van der Waals surface area contributed by atoms with E-state index in [-0.39, 0.29) is 24.4 Å². The molecule has 0 saturated carbocycles. The summed E-state index contributed by atoms with van der Waals surface area (Å²) in [5.41, 5.74) is 0. The first-order valence-electron chi connectivity index (χ1n) is 6.80. The Bertz CT molecular complexity index is 286. The lowest BCUT2D eigenvalue weighted by atomic mass is 9.94. The number of hydrogen-bond donors (Lipinski definition) is 2. The predicted molar refractivity (Wildman–Crippen MR) is 69.5 cm³/mol. The van der Waals surface area contributed by atoms with Gasteiger partial charge in [-0.1, -0.05) is 13.3 Å². The molecule has 1 fully saturated rings. The van der Waals surface area contributed by atoms with Crippen molar-refractivity contribution in [2.24, 2.45) is 5.92 Å². The molecule has 0 aromatic carbocycles. The van der Waals surface area contributed by atoms with Crippen LogP contribution in [-0.2, 0) is 4.79 Å². The van der Waals surface area contributed by atoms with Crippen LogP contribution in [0.25, 0.3) is 0 Å². The van der Waals surface area contributed by atoms with Crippen LogP contribution in [0.15, 0.2) is 0 Å². The Kier molecular flexibility index (Phi) is 5.95. The molecule has 1 atom stereocenters. The monoisotopic (exact) mass is 256 g/mol. The summed E-state index contributed by atoms with van der Waals surface area (Å²) >= 11 is 0. The summed E-state index contributed by atoms with van der Waals surface area (Å²) in [5, 5.41) is 11.7. The molecule has 0 aromatic heterocycles. The van der Waals surface area contributed by atoms with E-state index >= 15 is 0 Å². The van der Waals surface area contributed by atoms with Crippen LogP contribution in [0.5, 0.6) is 0 Å². The maximum absolute atomic E-state index is 11.9. The fourth-order valence-electron chi connectivity index (χ4n) is 2.39. The van der Waals surface area contributed by atoms with Crippen molar-refractivity contribution in [2.45, 2.75) is 52.0 Å². The Morgan fingerprint density at radius 3 is 2.50 bits per heavy atom. The first kappa shape index (κ1) is 14.8. The molecule has 0 bridgehead atoms. The summed E-state index contributed by atoms with van der Waals surface area (Å²) < 4.78 is 0. The van der Waals surface area contributed by atoms with Gasteiger partial charge < -0.3 is 15.3 Å². The summed E-state index contributed by atoms with van der Waals surface area (Å²) in [6.45, 7) is 5.45. The standard InChI is InChI=1S/C13H24N2O3/c1-3-4-10(2)14-13(18)15-7-5-11(6-8-15)9-12(16)17/h10-11H,3-9H2,1-2H3,(H,14,18)(H,16,17). The van der Waals surface area contributed by atoms with Crippen LogP contribution in [0.1, 0.15) is 46.0 Å². The lowest BCUT2D eigenvalue weighted by Crippen LogP contribution is -2.47. The molecule has 0 aliphatic carbocycles. The van der Waals surface area contributed by atoms with E-state index < -0.39 is 5.97 Å². The molecule has 1 rings (SSSR count). The summed E-state index contributed by atoms with van der Waals surface area (Å²) in [7, 11) is 0. The number of carboxylic acid groups (broad SMARTS) is 1. The molecule has 1 aliphatic rings. The van der Waals surface area contributed by atoms with Crippen LogP contribution < -0.4 is 5.32 Å². The normalized spacial score (nSPS) is 18.4. The fraction of sp³-hybridized carbons (Fsp3) is 0.846. The van der Waals surface area contributed by atoms with Gasteiger partial charge >= 0.3 is 12.0 Å². The molecule has 5 heteroatoms. The minimum absolute atomic E-state index is 0.00951. The highest BCUT2D eigenvalue weighted by Gasteiger charge is 2.24. The molecule has 1 heterocycles. The first-order chi connectivity index (χ1) is 8.52. The lowest BCUT2D eigenvalue weighted by Gasteiger charge is -2.32. The molecule has 2 N–H and O–H groups in total. The van der Waals surface area contributed by atoms with Crippen molar-refractivity contribution in [1.82, 2.24) is 10.2 Å². The van der Waals surface area contributed by atoms with Crippen LogP contribution in [0.3, 0.4) is 0 Å². The number of carbonyl (C=O) groups is 2. The topological polar surface area (TPSA) is 69.6 Å². The number of piperidine rings is 1. The average Bonchev–Trinajstić information content (AvgIpc) is 2.29. The molecule has 1 saturated heterocycles. The quantitative estimate of drug-likeness (QED) is 0.791. The van der Waals surface area contributed by atoms with Gasteiger partial charge in [-0.15, -0.1) is 0 Å². The Morgan fingerprint density at radius 2 is 2.00 bits per heavy atom. The highest BCUT2D eigenvalue weighted by atomic mass is 16.4. The van der Waals surface area contributed by atoms with E-state index in [1.54, 1.807) is 4.90 Å². The number of carbonyl (C=O) groups excluding carboxylic acids is 1. The Morgan fingerprint density at radius 1 is 1.39 bits per heavy atom. The molecule has 2 amide bonds. The zero-order valence-corrected chi connectivity index (χ0v) is 11.3. The van der Waals surface area contributed by atoms with Gasteiger partial charge in [0.1, 0.15) is 0 Å². The van der Waals surface area contributed by atoms with Crippen molar-refractivity contribution in [2.75, 3.05) is 13.1 Å². The Hall–Kier alpha value is -1.26. The van der Waals surface area contributed by atoms with Crippen LogP contribution in [0, 0.1) is 5.92 Å². The van der Waals surface area contributed by atoms with Crippen molar-refractivity contribution >= 4 is 12.0 Å². The number of aliphatic carboxylic acids is 1. The van der Waals surface area contributed by atoms with Crippen LogP contribution in [0.4, 0.5) is 4.79 Å². The number of urea groups is 1. The first-order valence-corrected chi connectivity index (χ1v) is 6.80. The largest absolute Gasteiger partial charge is 0.481 e. The molecule has 5 nitrogen and oxygen atoms in total. The van der Waals surface area contributed by atoms with Crippen LogP contribution in [0.2, 0.25) is 0 Å². The van der Waals surface area contributed by atoms with Crippen molar-refractivity contribution < 1.29 is 14.7 Å². The smallest absolute Gasteiger partial charge is 0.317 e. The predicted octanol–water partition coefficient (Wildman–Crippen LogP) is 2.07. The Balaban J connectivity index is 2.29. The van der Waals surface area contributed by atoms with E-state index in [1.807, 2.05) is 6.92 Å². The third kappa shape index (κ3) is 4.94. The molecule has 18 heavy (non-hydrogen) atoms. The number of amides is 2. The van der Waals surface area contributed by atoms with Crippen LogP contribution >= 0.6 is 0 Å². The number of nitrogens with one attached hydrogen (secondary N) is 1. The molecule has 0 aromatic rings. The van der Waals surface area contributed by atoms with Crippen LogP contribution in [-0.4, -0.2) is 41.1 Å². The zero-order valence-electron chi connectivity index (χ0n) is 11.3. The molecule has 1 unspecified atom stereocenters. The van der Waals surface area contributed by atoms with Gasteiger partial charge in [0.25, 0.3) is 0 Å². The highest BCUT2D eigenvalue weighted by molar-refractivity contribution is 5.74. The van der Waals surface area contributed by atoms with Crippen molar-refractivity contribution in [3.8, 4) is 0 Å². The number of nitrogens with zero attached hydrogens (tertiary/aromatic N) is 1. The maximum atomic E-state index is 11.9. The summed E-state index contributed by atoms with van der Waals surface area (Å²) in [4.78, 5) is 24.3. The van der Waals surface area contributed by atoms with E-state index in [0.29, 0.717) is 13.1 Å². The van der Waals surface area contributed by atoms with Gasteiger partial charge in [-0.2, -0.15) is 0 Å². The van der Waals surface area contributed by atoms with Crippen molar-refractivity contribution in [1.29, 1.82) is 0 Å². The highest BCUT2D eigenvalue weighted by Crippen LogP contribution is 2.20. The number of rotatable bonds is 5. The van der Waals surface area contributed by atoms with Gasteiger partial charge in [0.05, 0.1) is 0 Å². The van der Waals surface area contributed by atoms with E-state index in [2.05, 4.69) is 12.2 Å². The maximum Gasteiger partial charge on any atom is 0.317 e. The summed E-state index contributed by atoms with van der Waals surface area (Å²) in [6, 6.07) is 0.198. The van der Waals surface area contributed by atoms with Crippen molar-refractivity contribution in [3.05, 3.63) is 0 Å². The third-order valence-electron chi connectivity index (χ3n) is 3.46. The van der Waals surface area contributed by atoms with E-state index in [1.165, 1.54) is 0 Å². The molecule has 0 spiro atoms. The second-order valence-electron chi connectivity index (χ2n) is 5.17. The number of carboxylic acids is 1. The minimum atomic E-state index is -0.741. The van der Waals surface area contributed by atoms with Gasteiger partial charge in [0.2, 0.25) is 0 Å². The Labute approximate surface area is 109 Å². The van der Waals surface area contributed by atoms with Gasteiger partial charge in [0.15, 0.2) is 0 Å². The van der Waals surface area contributed by atoms with Gasteiger partial charge in [-0.25, -0.2) is 4.79 Å². The van der Waals surface area contributed by atoms with Gasteiger partial charge in [0, 0.05) is 25.6 Å². The summed E-state index contributed by atoms with van der Waals surface area (Å²) in [6.07, 6.45) is 3.86. The minimum Gasteiger partial charge on any atom is -0.481 e. The second kappa shape index (κ2) is 7.24. The molecular formula is C13H24N2O3.